The first-order valence-corrected chi connectivity index (χ1v) is 6.34. The fourth-order valence-electron chi connectivity index (χ4n) is 2.04. The average Bonchev–Trinajstić information content (AvgIpc) is 2.53. The summed E-state index contributed by atoms with van der Waals surface area (Å²) >= 11 is 0. The van der Waals surface area contributed by atoms with E-state index in [1.54, 1.807) is 6.07 Å². The van der Waals surface area contributed by atoms with Crippen LogP contribution in [-0.2, 0) is 4.74 Å². The van der Waals surface area contributed by atoms with Crippen LogP contribution in [0.15, 0.2) is 36.4 Å². The number of benzene rings is 2. The summed E-state index contributed by atoms with van der Waals surface area (Å²) in [7, 11) is 2.65. The van der Waals surface area contributed by atoms with Crippen LogP contribution < -0.4 is 10.5 Å². The van der Waals surface area contributed by atoms with Crippen molar-refractivity contribution in [1.29, 1.82) is 0 Å². The van der Waals surface area contributed by atoms with E-state index in [9.17, 15) is 14.0 Å². The van der Waals surface area contributed by atoms with Gasteiger partial charge in [-0.15, -0.1) is 0 Å². The minimum atomic E-state index is -0.664. The maximum atomic E-state index is 14.0. The summed E-state index contributed by atoms with van der Waals surface area (Å²) in [5, 5.41) is 0. The maximum Gasteiger partial charge on any atom is 0.341 e. The van der Waals surface area contributed by atoms with E-state index in [0.29, 0.717) is 11.3 Å². The standard InChI is InChI=1S/C16H14FNO4/c1-21-14-6-4-9(7-12(14)16(20)22-2)11-8-10(15(18)19)3-5-13(11)17/h3-8H,1-2H3,(H2,18,19). The Bertz CT molecular complexity index is 743. The molecule has 2 aromatic rings. The third-order valence-corrected chi connectivity index (χ3v) is 3.17. The number of nitrogens with two attached hydrogens (primary N) is 1. The summed E-state index contributed by atoms with van der Waals surface area (Å²) < 4.78 is 23.8. The quantitative estimate of drug-likeness (QED) is 0.880. The molecule has 5 nitrogen and oxygen atoms in total. The molecule has 114 valence electrons. The Morgan fingerprint density at radius 1 is 1.09 bits per heavy atom. The number of amides is 1. The number of hydrogen-bond acceptors (Lipinski definition) is 4. The van der Waals surface area contributed by atoms with Crippen molar-refractivity contribution in [3.05, 3.63) is 53.3 Å². The molecule has 0 atom stereocenters. The topological polar surface area (TPSA) is 78.6 Å². The summed E-state index contributed by atoms with van der Waals surface area (Å²) in [4.78, 5) is 23.0. The van der Waals surface area contributed by atoms with Gasteiger partial charge in [-0.25, -0.2) is 9.18 Å². The number of carbonyl (C=O) groups excluding carboxylic acids is 2. The summed E-state index contributed by atoms with van der Waals surface area (Å²) in [5.41, 5.74) is 6.09. The predicted octanol–water partition coefficient (Wildman–Crippen LogP) is 2.39. The summed E-state index contributed by atoms with van der Waals surface area (Å²) in [6, 6.07) is 8.32. The van der Waals surface area contributed by atoms with Crippen LogP contribution in [0.2, 0.25) is 0 Å². The lowest BCUT2D eigenvalue weighted by Crippen LogP contribution is -2.11. The van der Waals surface area contributed by atoms with E-state index in [1.165, 1.54) is 38.5 Å². The molecule has 0 aliphatic rings. The van der Waals surface area contributed by atoms with Gasteiger partial charge in [0.1, 0.15) is 17.1 Å². The van der Waals surface area contributed by atoms with Crippen molar-refractivity contribution in [1.82, 2.24) is 0 Å². The normalized spacial score (nSPS) is 10.1. The number of halogens is 1. The first-order chi connectivity index (χ1) is 10.5. The molecule has 0 saturated carbocycles. The Kier molecular flexibility index (Phi) is 4.41. The number of primary amides is 1. The number of carbonyl (C=O) groups is 2. The molecule has 0 bridgehead atoms. The van der Waals surface area contributed by atoms with Crippen molar-refractivity contribution in [2.45, 2.75) is 0 Å². The van der Waals surface area contributed by atoms with Gasteiger partial charge in [-0.1, -0.05) is 6.07 Å². The van der Waals surface area contributed by atoms with E-state index in [2.05, 4.69) is 4.74 Å². The van der Waals surface area contributed by atoms with Crippen LogP contribution in [0.3, 0.4) is 0 Å². The molecule has 0 fully saturated rings. The van der Waals surface area contributed by atoms with Crippen molar-refractivity contribution in [2.75, 3.05) is 14.2 Å². The predicted molar refractivity (Wildman–Crippen MR) is 78.2 cm³/mol. The average molecular weight is 303 g/mol. The van der Waals surface area contributed by atoms with Gasteiger partial charge in [-0.3, -0.25) is 4.79 Å². The molecule has 2 rings (SSSR count). The molecule has 0 aliphatic carbocycles. The van der Waals surface area contributed by atoms with Crippen molar-refractivity contribution >= 4 is 11.9 Å². The van der Waals surface area contributed by atoms with Crippen molar-refractivity contribution in [3.8, 4) is 16.9 Å². The number of rotatable bonds is 4. The van der Waals surface area contributed by atoms with Crippen LogP contribution in [-0.4, -0.2) is 26.1 Å². The molecule has 22 heavy (non-hydrogen) atoms. The number of hydrogen-bond donors (Lipinski definition) is 1. The number of ether oxygens (including phenoxy) is 2. The van der Waals surface area contributed by atoms with Crippen molar-refractivity contribution in [2.24, 2.45) is 5.73 Å². The van der Waals surface area contributed by atoms with Gasteiger partial charge in [-0.2, -0.15) is 0 Å². The van der Waals surface area contributed by atoms with Crippen LogP contribution in [0.4, 0.5) is 4.39 Å². The van der Waals surface area contributed by atoms with Gasteiger partial charge >= 0.3 is 5.97 Å². The highest BCUT2D eigenvalue weighted by atomic mass is 19.1. The fourth-order valence-corrected chi connectivity index (χ4v) is 2.04. The molecular weight excluding hydrogens is 289 g/mol. The third-order valence-electron chi connectivity index (χ3n) is 3.17. The lowest BCUT2D eigenvalue weighted by atomic mass is 9.99. The van der Waals surface area contributed by atoms with E-state index in [4.69, 9.17) is 10.5 Å². The third kappa shape index (κ3) is 2.90. The second-order valence-electron chi connectivity index (χ2n) is 4.47. The Labute approximate surface area is 126 Å². The van der Waals surface area contributed by atoms with Gasteiger partial charge in [0.25, 0.3) is 0 Å². The number of esters is 1. The highest BCUT2D eigenvalue weighted by Gasteiger charge is 2.16. The lowest BCUT2D eigenvalue weighted by molar-refractivity contribution is 0.0597. The van der Waals surface area contributed by atoms with E-state index in [-0.39, 0.29) is 16.7 Å². The highest BCUT2D eigenvalue weighted by Crippen LogP contribution is 2.29. The van der Waals surface area contributed by atoms with Crippen LogP contribution in [0.5, 0.6) is 5.75 Å². The van der Waals surface area contributed by atoms with E-state index in [1.807, 2.05) is 0 Å². The first-order valence-electron chi connectivity index (χ1n) is 6.34. The molecule has 0 aliphatic heterocycles. The monoisotopic (exact) mass is 303 g/mol. The van der Waals surface area contributed by atoms with Crippen LogP contribution in [0.1, 0.15) is 20.7 Å². The Balaban J connectivity index is 2.60. The van der Waals surface area contributed by atoms with Gasteiger partial charge in [0.2, 0.25) is 5.91 Å². The molecule has 1 amide bonds. The molecule has 6 heteroatoms. The molecule has 0 spiro atoms. The lowest BCUT2D eigenvalue weighted by Gasteiger charge is -2.10. The zero-order valence-electron chi connectivity index (χ0n) is 12.1. The van der Waals surface area contributed by atoms with Gasteiger partial charge in [-0.05, 0) is 35.9 Å². The van der Waals surface area contributed by atoms with Gasteiger partial charge in [0.05, 0.1) is 14.2 Å². The molecule has 2 aromatic carbocycles. The smallest absolute Gasteiger partial charge is 0.341 e. The number of methoxy groups -OCH3 is 2. The SMILES string of the molecule is COC(=O)c1cc(-c2cc(C(N)=O)ccc2F)ccc1OC. The van der Waals surface area contributed by atoms with Crippen molar-refractivity contribution in [3.63, 3.8) is 0 Å². The zero-order valence-corrected chi connectivity index (χ0v) is 12.1. The molecule has 0 unspecified atom stereocenters. The molecule has 0 aromatic heterocycles. The molecule has 2 N–H and O–H groups in total. The second-order valence-corrected chi connectivity index (χ2v) is 4.47. The minimum Gasteiger partial charge on any atom is -0.496 e. The molecular formula is C16H14FNO4. The van der Waals surface area contributed by atoms with Crippen molar-refractivity contribution < 1.29 is 23.5 Å². The van der Waals surface area contributed by atoms with Gasteiger partial charge < -0.3 is 15.2 Å². The zero-order chi connectivity index (χ0) is 16.3. The largest absolute Gasteiger partial charge is 0.496 e. The van der Waals surface area contributed by atoms with Gasteiger partial charge in [0, 0.05) is 11.1 Å². The molecule has 0 saturated heterocycles. The van der Waals surface area contributed by atoms with E-state index in [0.717, 1.165) is 6.07 Å². The summed E-state index contributed by atoms with van der Waals surface area (Å²) in [5.74, 6) is -1.50. The molecule has 0 heterocycles. The van der Waals surface area contributed by atoms with E-state index >= 15 is 0 Å². The highest BCUT2D eigenvalue weighted by molar-refractivity contribution is 5.96. The Morgan fingerprint density at radius 2 is 1.82 bits per heavy atom. The Hall–Kier alpha value is -2.89. The summed E-state index contributed by atoms with van der Waals surface area (Å²) in [6.07, 6.45) is 0. The second kappa shape index (κ2) is 6.26. The summed E-state index contributed by atoms with van der Waals surface area (Å²) in [6.45, 7) is 0. The fraction of sp³-hybridized carbons (Fsp3) is 0.125. The Morgan fingerprint density at radius 3 is 2.41 bits per heavy atom. The van der Waals surface area contributed by atoms with E-state index < -0.39 is 17.7 Å². The minimum absolute atomic E-state index is 0.157. The van der Waals surface area contributed by atoms with Crippen LogP contribution in [0.25, 0.3) is 11.1 Å². The first kappa shape index (κ1) is 15.5. The molecule has 0 radical (unpaired) electrons. The van der Waals surface area contributed by atoms with Gasteiger partial charge in [0.15, 0.2) is 0 Å². The van der Waals surface area contributed by atoms with Crippen LogP contribution >= 0.6 is 0 Å². The maximum absolute atomic E-state index is 14.0. The van der Waals surface area contributed by atoms with Crippen LogP contribution in [0, 0.1) is 5.82 Å².